The first-order valence-corrected chi connectivity index (χ1v) is 7.23. The molecule has 0 atom stereocenters. The Hall–Kier alpha value is -1.88. The second-order valence-electron chi connectivity index (χ2n) is 4.50. The SMILES string of the molecule is OB(O)c1csc(-c2ccccc2)c1-c1ccccc1. The smallest absolute Gasteiger partial charge is 0.423 e. The standard InChI is InChI=1S/C16H13BO2S/c18-17(19)14-11-20-16(13-9-5-2-6-10-13)15(14)12-7-3-1-4-8-12/h1-11,18-19H. The van der Waals surface area contributed by atoms with Crippen LogP contribution < -0.4 is 5.46 Å². The van der Waals surface area contributed by atoms with Gasteiger partial charge in [0, 0.05) is 15.9 Å². The Balaban J connectivity index is 2.22. The van der Waals surface area contributed by atoms with Crippen LogP contribution in [0.25, 0.3) is 21.6 Å². The molecule has 98 valence electrons. The lowest BCUT2D eigenvalue weighted by molar-refractivity contribution is 0.426. The molecule has 4 heteroatoms. The van der Waals surface area contributed by atoms with Crippen LogP contribution in [0.2, 0.25) is 0 Å². The lowest BCUT2D eigenvalue weighted by atomic mass is 9.77. The second kappa shape index (κ2) is 5.63. The van der Waals surface area contributed by atoms with Crippen molar-refractivity contribution in [3.05, 3.63) is 66.0 Å². The second-order valence-corrected chi connectivity index (χ2v) is 5.38. The Morgan fingerprint density at radius 1 is 0.750 bits per heavy atom. The van der Waals surface area contributed by atoms with Crippen molar-refractivity contribution in [1.29, 1.82) is 0 Å². The van der Waals surface area contributed by atoms with Gasteiger partial charge < -0.3 is 10.0 Å². The van der Waals surface area contributed by atoms with Gasteiger partial charge in [0.1, 0.15) is 0 Å². The highest BCUT2D eigenvalue weighted by Crippen LogP contribution is 2.35. The van der Waals surface area contributed by atoms with Gasteiger partial charge in [-0.05, 0) is 16.5 Å². The van der Waals surface area contributed by atoms with Gasteiger partial charge in [0.25, 0.3) is 0 Å². The van der Waals surface area contributed by atoms with Crippen molar-refractivity contribution in [1.82, 2.24) is 0 Å². The number of benzene rings is 2. The highest BCUT2D eigenvalue weighted by atomic mass is 32.1. The van der Waals surface area contributed by atoms with Crippen molar-refractivity contribution in [2.45, 2.75) is 0 Å². The normalized spacial score (nSPS) is 10.5. The third kappa shape index (κ3) is 2.41. The van der Waals surface area contributed by atoms with E-state index in [1.165, 1.54) is 11.3 Å². The molecule has 0 aliphatic carbocycles. The molecule has 0 saturated heterocycles. The first-order valence-electron chi connectivity index (χ1n) is 6.35. The molecule has 0 saturated carbocycles. The Kier molecular flexibility index (Phi) is 3.69. The molecule has 1 aromatic heterocycles. The lowest BCUT2D eigenvalue weighted by Gasteiger charge is -2.08. The Bertz CT molecular complexity index is 693. The zero-order valence-electron chi connectivity index (χ0n) is 10.7. The summed E-state index contributed by atoms with van der Waals surface area (Å²) in [6.45, 7) is 0. The summed E-state index contributed by atoms with van der Waals surface area (Å²) in [4.78, 5) is 1.06. The van der Waals surface area contributed by atoms with Gasteiger partial charge in [0.15, 0.2) is 0 Å². The zero-order chi connectivity index (χ0) is 13.9. The monoisotopic (exact) mass is 280 g/mol. The summed E-state index contributed by atoms with van der Waals surface area (Å²) < 4.78 is 0. The molecule has 0 unspecified atom stereocenters. The fourth-order valence-electron chi connectivity index (χ4n) is 2.27. The minimum atomic E-state index is -1.46. The number of thiophene rings is 1. The van der Waals surface area contributed by atoms with Gasteiger partial charge in [-0.25, -0.2) is 0 Å². The summed E-state index contributed by atoms with van der Waals surface area (Å²) >= 11 is 1.53. The maximum absolute atomic E-state index is 9.59. The fraction of sp³-hybridized carbons (Fsp3) is 0. The van der Waals surface area contributed by atoms with E-state index < -0.39 is 7.12 Å². The molecular formula is C16H13BO2S. The molecule has 0 fully saturated rings. The van der Waals surface area contributed by atoms with E-state index in [9.17, 15) is 10.0 Å². The predicted octanol–water partition coefficient (Wildman–Crippen LogP) is 2.76. The zero-order valence-corrected chi connectivity index (χ0v) is 11.5. The number of hydrogen-bond acceptors (Lipinski definition) is 3. The van der Waals surface area contributed by atoms with Gasteiger partial charge in [-0.3, -0.25) is 0 Å². The third-order valence-corrected chi connectivity index (χ3v) is 4.24. The molecule has 3 rings (SSSR count). The molecule has 1 heterocycles. The van der Waals surface area contributed by atoms with Gasteiger partial charge in [0.05, 0.1) is 0 Å². The van der Waals surface area contributed by atoms with Crippen LogP contribution in [0.5, 0.6) is 0 Å². The molecule has 20 heavy (non-hydrogen) atoms. The van der Waals surface area contributed by atoms with Crippen LogP contribution in [0.1, 0.15) is 0 Å². The molecule has 3 aromatic rings. The molecule has 0 bridgehead atoms. The molecule has 0 radical (unpaired) electrons. The van der Waals surface area contributed by atoms with Crippen LogP contribution in [-0.4, -0.2) is 17.2 Å². The highest BCUT2D eigenvalue weighted by Gasteiger charge is 2.22. The summed E-state index contributed by atoms with van der Waals surface area (Å²) in [5, 5.41) is 21.0. The fourth-order valence-corrected chi connectivity index (χ4v) is 3.38. The van der Waals surface area contributed by atoms with Crippen molar-refractivity contribution in [3.63, 3.8) is 0 Å². The Morgan fingerprint density at radius 2 is 1.30 bits per heavy atom. The van der Waals surface area contributed by atoms with Crippen LogP contribution in [-0.2, 0) is 0 Å². The van der Waals surface area contributed by atoms with Gasteiger partial charge in [-0.2, -0.15) is 0 Å². The van der Waals surface area contributed by atoms with Crippen LogP contribution in [0.15, 0.2) is 66.0 Å². The van der Waals surface area contributed by atoms with Crippen molar-refractivity contribution in [2.24, 2.45) is 0 Å². The molecule has 0 spiro atoms. The highest BCUT2D eigenvalue weighted by molar-refractivity contribution is 7.15. The van der Waals surface area contributed by atoms with Crippen LogP contribution >= 0.6 is 11.3 Å². The Labute approximate surface area is 122 Å². The number of rotatable bonds is 3. The molecule has 2 N–H and O–H groups in total. The minimum absolute atomic E-state index is 0.556. The first kappa shape index (κ1) is 13.1. The Morgan fingerprint density at radius 3 is 1.85 bits per heavy atom. The van der Waals surface area contributed by atoms with Crippen molar-refractivity contribution in [3.8, 4) is 21.6 Å². The van der Waals surface area contributed by atoms with E-state index in [1.807, 2.05) is 66.0 Å². The number of hydrogen-bond donors (Lipinski definition) is 2. The van der Waals surface area contributed by atoms with E-state index >= 15 is 0 Å². The topological polar surface area (TPSA) is 40.5 Å². The quantitative estimate of drug-likeness (QED) is 0.724. The van der Waals surface area contributed by atoms with E-state index in [-0.39, 0.29) is 0 Å². The summed E-state index contributed by atoms with van der Waals surface area (Å²) in [7, 11) is -1.46. The van der Waals surface area contributed by atoms with Crippen molar-refractivity contribution in [2.75, 3.05) is 0 Å². The van der Waals surface area contributed by atoms with Crippen LogP contribution in [0.4, 0.5) is 0 Å². The molecular weight excluding hydrogens is 267 g/mol. The molecule has 2 aromatic carbocycles. The molecule has 2 nitrogen and oxygen atoms in total. The van der Waals surface area contributed by atoms with E-state index in [2.05, 4.69) is 0 Å². The van der Waals surface area contributed by atoms with Crippen LogP contribution in [0, 0.1) is 0 Å². The lowest BCUT2D eigenvalue weighted by Crippen LogP contribution is -2.30. The van der Waals surface area contributed by atoms with E-state index in [1.54, 1.807) is 0 Å². The van der Waals surface area contributed by atoms with E-state index in [0.29, 0.717) is 5.46 Å². The van der Waals surface area contributed by atoms with Gasteiger partial charge in [0.2, 0.25) is 0 Å². The predicted molar refractivity (Wildman–Crippen MR) is 85.0 cm³/mol. The molecule has 0 amide bonds. The first-order chi connectivity index (χ1) is 9.77. The minimum Gasteiger partial charge on any atom is -0.423 e. The molecule has 0 aliphatic rings. The maximum atomic E-state index is 9.59. The van der Waals surface area contributed by atoms with E-state index in [0.717, 1.165) is 21.6 Å². The third-order valence-electron chi connectivity index (χ3n) is 3.20. The van der Waals surface area contributed by atoms with Gasteiger partial charge >= 0.3 is 7.12 Å². The maximum Gasteiger partial charge on any atom is 0.489 e. The average molecular weight is 280 g/mol. The summed E-state index contributed by atoms with van der Waals surface area (Å²) in [5.74, 6) is 0. The molecule has 0 aliphatic heterocycles. The largest absolute Gasteiger partial charge is 0.489 e. The van der Waals surface area contributed by atoms with Crippen LogP contribution in [0.3, 0.4) is 0 Å². The van der Waals surface area contributed by atoms with Crippen molar-refractivity contribution >= 4 is 23.9 Å². The average Bonchev–Trinajstić information content (AvgIpc) is 2.94. The summed E-state index contributed by atoms with van der Waals surface area (Å²) in [5.41, 5.74) is 3.54. The van der Waals surface area contributed by atoms with E-state index in [4.69, 9.17) is 0 Å². The van der Waals surface area contributed by atoms with Gasteiger partial charge in [-0.1, -0.05) is 60.7 Å². The van der Waals surface area contributed by atoms with Crippen molar-refractivity contribution < 1.29 is 10.0 Å². The summed E-state index contributed by atoms with van der Waals surface area (Å²) in [6, 6.07) is 19.8. The summed E-state index contributed by atoms with van der Waals surface area (Å²) in [6.07, 6.45) is 0. The van der Waals surface area contributed by atoms with Gasteiger partial charge in [-0.15, -0.1) is 11.3 Å².